The minimum atomic E-state index is -0.632. The molecule has 0 bridgehead atoms. The predicted molar refractivity (Wildman–Crippen MR) is 100 cm³/mol. The van der Waals surface area contributed by atoms with Gasteiger partial charge < -0.3 is 10.1 Å². The molecule has 132 valence electrons. The highest BCUT2D eigenvalue weighted by Crippen LogP contribution is 2.24. The molecule has 1 N–H and O–H groups in total. The van der Waals surface area contributed by atoms with Crippen molar-refractivity contribution in [2.24, 2.45) is 0 Å². The number of nitrogens with one attached hydrogen (secondary N) is 1. The summed E-state index contributed by atoms with van der Waals surface area (Å²) in [6, 6.07) is 14.6. The maximum Gasteiger partial charge on any atom is 0.265 e. The molecule has 1 amide bonds. The molecule has 2 aromatic carbocycles. The summed E-state index contributed by atoms with van der Waals surface area (Å²) in [5.74, 6) is 0.409. The van der Waals surface area contributed by atoms with Crippen molar-refractivity contribution < 1.29 is 14.3 Å². The number of hydrogen-bond acceptors (Lipinski definition) is 3. The molecule has 2 aromatic rings. The molecule has 0 saturated heterocycles. The van der Waals surface area contributed by atoms with E-state index < -0.39 is 6.10 Å². The summed E-state index contributed by atoms with van der Waals surface area (Å²) in [7, 11) is 0. The second-order valence-corrected chi connectivity index (χ2v) is 7.16. The minimum absolute atomic E-state index is 0.00622. The van der Waals surface area contributed by atoms with Gasteiger partial charge in [0.2, 0.25) is 0 Å². The van der Waals surface area contributed by atoms with Gasteiger partial charge in [-0.05, 0) is 61.2 Å². The fraction of sp³-hybridized carbons (Fsp3) is 0.333. The molecule has 0 radical (unpaired) electrons. The summed E-state index contributed by atoms with van der Waals surface area (Å²) < 4.78 is 5.71. The smallest absolute Gasteiger partial charge is 0.265 e. The molecule has 0 spiro atoms. The summed E-state index contributed by atoms with van der Waals surface area (Å²) in [5, 5.41) is 2.79. The molecular weight excluding hydrogens is 314 g/mol. The Hall–Kier alpha value is -2.62. The van der Waals surface area contributed by atoms with Crippen LogP contribution >= 0.6 is 0 Å². The van der Waals surface area contributed by atoms with Crippen molar-refractivity contribution in [3.8, 4) is 5.75 Å². The first kappa shape index (κ1) is 18.7. The van der Waals surface area contributed by atoms with Gasteiger partial charge in [-0.25, -0.2) is 0 Å². The Morgan fingerprint density at radius 2 is 1.52 bits per heavy atom. The molecule has 4 nitrogen and oxygen atoms in total. The average Bonchev–Trinajstić information content (AvgIpc) is 2.55. The lowest BCUT2D eigenvalue weighted by Gasteiger charge is -2.20. The molecule has 0 aliphatic heterocycles. The van der Waals surface area contributed by atoms with Crippen LogP contribution in [-0.2, 0) is 10.2 Å². The van der Waals surface area contributed by atoms with Gasteiger partial charge in [0, 0.05) is 11.3 Å². The van der Waals surface area contributed by atoms with E-state index >= 15 is 0 Å². The third kappa shape index (κ3) is 5.18. The van der Waals surface area contributed by atoms with Crippen LogP contribution in [0.25, 0.3) is 0 Å². The molecule has 2 rings (SSSR count). The fourth-order valence-electron chi connectivity index (χ4n) is 2.32. The number of amides is 1. The van der Waals surface area contributed by atoms with Crippen LogP contribution in [0.2, 0.25) is 0 Å². The second kappa shape index (κ2) is 7.51. The monoisotopic (exact) mass is 339 g/mol. The van der Waals surface area contributed by atoms with Crippen LogP contribution in [0.1, 0.15) is 50.5 Å². The third-order valence-electron chi connectivity index (χ3n) is 3.96. The van der Waals surface area contributed by atoms with Crippen LogP contribution in [0.3, 0.4) is 0 Å². The van der Waals surface area contributed by atoms with E-state index in [1.165, 1.54) is 12.5 Å². The summed E-state index contributed by atoms with van der Waals surface area (Å²) in [4.78, 5) is 23.5. The summed E-state index contributed by atoms with van der Waals surface area (Å²) in [6.07, 6.45) is -0.632. The maximum absolute atomic E-state index is 12.3. The minimum Gasteiger partial charge on any atom is -0.481 e. The molecule has 25 heavy (non-hydrogen) atoms. The van der Waals surface area contributed by atoms with Crippen molar-refractivity contribution in [3.63, 3.8) is 0 Å². The zero-order valence-electron chi connectivity index (χ0n) is 15.4. The third-order valence-corrected chi connectivity index (χ3v) is 3.96. The van der Waals surface area contributed by atoms with Crippen LogP contribution in [-0.4, -0.2) is 17.8 Å². The van der Waals surface area contributed by atoms with E-state index in [0.717, 1.165) is 0 Å². The number of ketones is 1. The van der Waals surface area contributed by atoms with Gasteiger partial charge >= 0.3 is 0 Å². The normalized spacial score (nSPS) is 12.4. The Morgan fingerprint density at radius 3 is 2.00 bits per heavy atom. The quantitative estimate of drug-likeness (QED) is 0.810. The fourth-order valence-corrected chi connectivity index (χ4v) is 2.32. The van der Waals surface area contributed by atoms with E-state index in [4.69, 9.17) is 4.74 Å². The van der Waals surface area contributed by atoms with Crippen LogP contribution < -0.4 is 10.1 Å². The van der Waals surface area contributed by atoms with E-state index in [0.29, 0.717) is 17.0 Å². The van der Waals surface area contributed by atoms with Crippen molar-refractivity contribution in [3.05, 3.63) is 59.7 Å². The van der Waals surface area contributed by atoms with Gasteiger partial charge in [0.25, 0.3) is 5.91 Å². The van der Waals surface area contributed by atoms with E-state index in [9.17, 15) is 9.59 Å². The second-order valence-electron chi connectivity index (χ2n) is 7.16. The number of rotatable bonds is 5. The van der Waals surface area contributed by atoms with Crippen LogP contribution in [0.5, 0.6) is 5.75 Å². The standard InChI is InChI=1S/C21H25NO3/c1-14(23)16-6-10-18(11-7-16)22-20(24)15(2)25-19-12-8-17(9-13-19)21(3,4)5/h6-13,15H,1-5H3,(H,22,24). The van der Waals surface area contributed by atoms with Crippen molar-refractivity contribution in [2.45, 2.75) is 46.1 Å². The number of Topliss-reactive ketones (excluding diaryl/α,β-unsaturated/α-hetero) is 1. The summed E-state index contributed by atoms with van der Waals surface area (Å²) in [5.41, 5.74) is 2.53. The molecular formula is C21H25NO3. The predicted octanol–water partition coefficient (Wildman–Crippen LogP) is 4.59. The Kier molecular flexibility index (Phi) is 5.62. The molecule has 0 aliphatic rings. The number of ether oxygens (including phenoxy) is 1. The Labute approximate surface area is 149 Å². The van der Waals surface area contributed by atoms with Gasteiger partial charge in [-0.3, -0.25) is 9.59 Å². The van der Waals surface area contributed by atoms with Gasteiger partial charge in [-0.2, -0.15) is 0 Å². The molecule has 0 aromatic heterocycles. The SMILES string of the molecule is CC(=O)c1ccc(NC(=O)C(C)Oc2ccc(C(C)(C)C)cc2)cc1. The van der Waals surface area contributed by atoms with Gasteiger partial charge in [-0.1, -0.05) is 32.9 Å². The van der Waals surface area contributed by atoms with Crippen LogP contribution in [0.15, 0.2) is 48.5 Å². The first-order valence-corrected chi connectivity index (χ1v) is 8.36. The van der Waals surface area contributed by atoms with Gasteiger partial charge in [0.05, 0.1) is 0 Å². The van der Waals surface area contributed by atoms with Crippen molar-refractivity contribution in [1.29, 1.82) is 0 Å². The van der Waals surface area contributed by atoms with Crippen LogP contribution in [0, 0.1) is 0 Å². The molecule has 1 atom stereocenters. The topological polar surface area (TPSA) is 55.4 Å². The van der Waals surface area contributed by atoms with E-state index in [2.05, 4.69) is 26.1 Å². The molecule has 0 saturated carbocycles. The average molecular weight is 339 g/mol. The highest BCUT2D eigenvalue weighted by atomic mass is 16.5. The number of carbonyl (C=O) groups is 2. The Balaban J connectivity index is 1.96. The molecule has 1 unspecified atom stereocenters. The Morgan fingerprint density at radius 1 is 0.960 bits per heavy atom. The molecule has 0 fully saturated rings. The van der Waals surface area contributed by atoms with E-state index in [1.54, 1.807) is 31.2 Å². The molecule has 0 aliphatic carbocycles. The van der Waals surface area contributed by atoms with Gasteiger partial charge in [0.1, 0.15) is 5.75 Å². The number of hydrogen-bond donors (Lipinski definition) is 1. The lowest BCUT2D eigenvalue weighted by molar-refractivity contribution is -0.122. The summed E-state index contributed by atoms with van der Waals surface area (Å²) >= 11 is 0. The van der Waals surface area contributed by atoms with Crippen molar-refractivity contribution in [1.82, 2.24) is 0 Å². The number of anilines is 1. The first-order valence-electron chi connectivity index (χ1n) is 8.36. The van der Waals surface area contributed by atoms with Crippen molar-refractivity contribution >= 4 is 17.4 Å². The first-order chi connectivity index (χ1) is 11.7. The highest BCUT2D eigenvalue weighted by molar-refractivity contribution is 5.96. The van der Waals surface area contributed by atoms with Crippen molar-refractivity contribution in [2.75, 3.05) is 5.32 Å². The highest BCUT2D eigenvalue weighted by Gasteiger charge is 2.17. The zero-order valence-corrected chi connectivity index (χ0v) is 15.4. The summed E-state index contributed by atoms with van der Waals surface area (Å²) in [6.45, 7) is 9.66. The zero-order chi connectivity index (χ0) is 18.6. The molecule has 0 heterocycles. The lowest BCUT2D eigenvalue weighted by Crippen LogP contribution is -2.30. The molecule has 4 heteroatoms. The van der Waals surface area contributed by atoms with Gasteiger partial charge in [-0.15, -0.1) is 0 Å². The van der Waals surface area contributed by atoms with E-state index in [1.807, 2.05) is 24.3 Å². The van der Waals surface area contributed by atoms with Gasteiger partial charge in [0.15, 0.2) is 11.9 Å². The van der Waals surface area contributed by atoms with Crippen LogP contribution in [0.4, 0.5) is 5.69 Å². The largest absolute Gasteiger partial charge is 0.481 e. The maximum atomic E-state index is 12.3. The Bertz CT molecular complexity index is 740. The lowest BCUT2D eigenvalue weighted by atomic mass is 9.87. The number of carbonyl (C=O) groups excluding carboxylic acids is 2. The number of benzene rings is 2. The van der Waals surface area contributed by atoms with E-state index in [-0.39, 0.29) is 17.1 Å².